The first-order valence-electron chi connectivity index (χ1n) is 10.0. The van der Waals surface area contributed by atoms with E-state index in [1.165, 1.54) is 37.4 Å². The first kappa shape index (κ1) is 19.2. The summed E-state index contributed by atoms with van der Waals surface area (Å²) >= 11 is 1.39. The molecule has 28 heavy (non-hydrogen) atoms. The largest absolute Gasteiger partial charge is 0.494 e. The van der Waals surface area contributed by atoms with Gasteiger partial charge in [0.25, 0.3) is 0 Å². The van der Waals surface area contributed by atoms with Crippen LogP contribution in [0.25, 0.3) is 5.69 Å². The number of methoxy groups -OCH3 is 1. The fourth-order valence-corrected chi connectivity index (χ4v) is 5.30. The van der Waals surface area contributed by atoms with Gasteiger partial charge in [-0.25, -0.2) is 0 Å². The highest BCUT2D eigenvalue weighted by atomic mass is 32.2. The fraction of sp³-hybridized carbons (Fsp3) is 0.600. The Bertz CT molecular complexity index is 838. The van der Waals surface area contributed by atoms with E-state index in [-0.39, 0.29) is 5.91 Å². The van der Waals surface area contributed by atoms with E-state index in [2.05, 4.69) is 20.4 Å². The minimum Gasteiger partial charge on any atom is -0.494 e. The van der Waals surface area contributed by atoms with E-state index in [4.69, 9.17) is 4.74 Å². The van der Waals surface area contributed by atoms with Crippen LogP contribution >= 0.6 is 11.8 Å². The number of aromatic nitrogens is 4. The van der Waals surface area contributed by atoms with E-state index in [0.717, 1.165) is 30.6 Å². The minimum atomic E-state index is 0.201. The number of benzene rings is 1. The summed E-state index contributed by atoms with van der Waals surface area (Å²) in [6.45, 7) is 2.90. The van der Waals surface area contributed by atoms with E-state index in [1.54, 1.807) is 11.8 Å². The van der Waals surface area contributed by atoms with Gasteiger partial charge in [-0.1, -0.05) is 30.7 Å². The van der Waals surface area contributed by atoms with Gasteiger partial charge in [-0.15, -0.1) is 5.10 Å². The first-order valence-corrected chi connectivity index (χ1v) is 11.0. The second kappa shape index (κ2) is 8.51. The molecule has 1 saturated carbocycles. The van der Waals surface area contributed by atoms with Crippen molar-refractivity contribution in [2.45, 2.75) is 56.6 Å². The summed E-state index contributed by atoms with van der Waals surface area (Å²) in [5, 5.41) is 12.7. The third kappa shape index (κ3) is 3.87. The van der Waals surface area contributed by atoms with Crippen LogP contribution in [0.5, 0.6) is 5.75 Å². The number of thioether (sulfide) groups is 1. The number of carbonyl (C=O) groups is 1. The van der Waals surface area contributed by atoms with Crippen LogP contribution in [0.3, 0.4) is 0 Å². The lowest BCUT2D eigenvalue weighted by Gasteiger charge is -2.44. The molecule has 2 fully saturated rings. The Morgan fingerprint density at radius 1 is 1.25 bits per heavy atom. The molecule has 1 aromatic carbocycles. The van der Waals surface area contributed by atoms with Gasteiger partial charge in [-0.3, -0.25) is 4.79 Å². The standard InChI is InChI=1S/C20H27N5O2S/c1-14-9-10-18(27-2)17(12-14)25-20(21-22-23-25)28-13-19(26)24-11-5-7-15-6-3-4-8-16(15)24/h9-10,12,15-16H,3-8,11,13H2,1-2H3/t15-,16-/m0/s1. The van der Waals surface area contributed by atoms with Crippen LogP contribution in [0, 0.1) is 12.8 Å². The number of amides is 1. The van der Waals surface area contributed by atoms with E-state index in [1.807, 2.05) is 25.1 Å². The SMILES string of the molecule is COc1ccc(C)cc1-n1nnnc1SCC(=O)N1CCC[C@@H]2CCCC[C@@H]21. The molecule has 0 bridgehead atoms. The van der Waals surface area contributed by atoms with Gasteiger partial charge in [-0.05, 0) is 66.6 Å². The van der Waals surface area contributed by atoms with Gasteiger partial charge in [0.05, 0.1) is 12.9 Å². The third-order valence-electron chi connectivity index (χ3n) is 5.89. The number of nitrogens with zero attached hydrogens (tertiary/aromatic N) is 5. The van der Waals surface area contributed by atoms with E-state index in [9.17, 15) is 4.79 Å². The molecule has 8 heteroatoms. The van der Waals surface area contributed by atoms with Crippen LogP contribution in [0.2, 0.25) is 0 Å². The van der Waals surface area contributed by atoms with Crippen LogP contribution in [0.15, 0.2) is 23.4 Å². The predicted molar refractivity (Wildman–Crippen MR) is 108 cm³/mol. The molecule has 0 unspecified atom stereocenters. The summed E-state index contributed by atoms with van der Waals surface area (Å²) in [5.41, 5.74) is 1.88. The van der Waals surface area contributed by atoms with Gasteiger partial charge in [0, 0.05) is 12.6 Å². The summed E-state index contributed by atoms with van der Waals surface area (Å²) in [4.78, 5) is 15.1. The highest BCUT2D eigenvalue weighted by Crippen LogP contribution is 2.36. The molecule has 4 rings (SSSR count). The molecule has 1 aromatic heterocycles. The Labute approximate surface area is 169 Å². The monoisotopic (exact) mass is 401 g/mol. The van der Waals surface area contributed by atoms with Crippen LogP contribution in [-0.2, 0) is 4.79 Å². The predicted octanol–water partition coefficient (Wildman–Crippen LogP) is 3.25. The zero-order valence-corrected chi connectivity index (χ0v) is 17.3. The fourth-order valence-electron chi connectivity index (χ4n) is 4.53. The Morgan fingerprint density at radius 2 is 2.07 bits per heavy atom. The van der Waals surface area contributed by atoms with E-state index in [0.29, 0.717) is 28.6 Å². The van der Waals surface area contributed by atoms with Crippen molar-refractivity contribution in [2.75, 3.05) is 19.4 Å². The quantitative estimate of drug-likeness (QED) is 0.716. The van der Waals surface area contributed by atoms with Gasteiger partial charge in [0.15, 0.2) is 0 Å². The number of fused-ring (bicyclic) bond motifs is 1. The summed E-state index contributed by atoms with van der Waals surface area (Å²) in [6.07, 6.45) is 7.36. The van der Waals surface area contributed by atoms with Crippen LogP contribution in [-0.4, -0.2) is 56.5 Å². The number of carbonyl (C=O) groups excluding carboxylic acids is 1. The topological polar surface area (TPSA) is 73.1 Å². The highest BCUT2D eigenvalue weighted by molar-refractivity contribution is 7.99. The molecule has 1 aliphatic carbocycles. The molecule has 150 valence electrons. The van der Waals surface area contributed by atoms with Gasteiger partial charge in [0.2, 0.25) is 11.1 Å². The lowest BCUT2D eigenvalue weighted by molar-refractivity contribution is -0.134. The van der Waals surface area contributed by atoms with Crippen molar-refractivity contribution in [2.24, 2.45) is 5.92 Å². The number of hydrogen-bond donors (Lipinski definition) is 0. The number of tetrazole rings is 1. The summed E-state index contributed by atoms with van der Waals surface area (Å²) < 4.78 is 7.11. The Balaban J connectivity index is 1.47. The zero-order chi connectivity index (χ0) is 19.5. The molecule has 1 amide bonds. The lowest BCUT2D eigenvalue weighted by atomic mass is 9.78. The Morgan fingerprint density at radius 3 is 2.93 bits per heavy atom. The van der Waals surface area contributed by atoms with Gasteiger partial charge in [-0.2, -0.15) is 4.68 Å². The highest BCUT2D eigenvalue weighted by Gasteiger charge is 2.35. The van der Waals surface area contributed by atoms with Crippen molar-refractivity contribution >= 4 is 17.7 Å². The Kier molecular flexibility index (Phi) is 5.85. The molecule has 0 spiro atoms. The van der Waals surface area contributed by atoms with Crippen molar-refractivity contribution in [3.63, 3.8) is 0 Å². The maximum absolute atomic E-state index is 13.0. The number of likely N-dealkylation sites (tertiary alicyclic amines) is 1. The van der Waals surface area contributed by atoms with Crippen molar-refractivity contribution in [1.29, 1.82) is 0 Å². The maximum Gasteiger partial charge on any atom is 0.233 e. The molecule has 1 saturated heterocycles. The maximum atomic E-state index is 13.0. The molecule has 2 atom stereocenters. The van der Waals surface area contributed by atoms with Crippen molar-refractivity contribution in [3.05, 3.63) is 23.8 Å². The Hall–Kier alpha value is -2.09. The molecular weight excluding hydrogens is 374 g/mol. The van der Waals surface area contributed by atoms with E-state index >= 15 is 0 Å². The number of rotatable bonds is 5. The number of piperidine rings is 1. The van der Waals surface area contributed by atoms with Crippen LogP contribution in [0.1, 0.15) is 44.1 Å². The third-order valence-corrected chi connectivity index (χ3v) is 6.80. The summed E-state index contributed by atoms with van der Waals surface area (Å²) in [5.74, 6) is 1.95. The van der Waals surface area contributed by atoms with Crippen molar-refractivity contribution < 1.29 is 9.53 Å². The number of hydrogen-bond acceptors (Lipinski definition) is 6. The number of ether oxygens (including phenoxy) is 1. The molecule has 2 heterocycles. The van der Waals surface area contributed by atoms with Gasteiger partial charge < -0.3 is 9.64 Å². The molecule has 0 N–H and O–H groups in total. The molecule has 2 aliphatic rings. The molecule has 2 aromatic rings. The second-order valence-corrected chi connectivity index (χ2v) is 8.62. The summed E-state index contributed by atoms with van der Waals surface area (Å²) in [6, 6.07) is 6.31. The molecule has 0 radical (unpaired) electrons. The second-order valence-electron chi connectivity index (χ2n) is 7.68. The van der Waals surface area contributed by atoms with Crippen LogP contribution < -0.4 is 4.74 Å². The lowest BCUT2D eigenvalue weighted by Crippen LogP contribution is -2.50. The zero-order valence-electron chi connectivity index (χ0n) is 16.5. The summed E-state index contributed by atoms with van der Waals surface area (Å²) in [7, 11) is 1.63. The minimum absolute atomic E-state index is 0.201. The van der Waals surface area contributed by atoms with Gasteiger partial charge >= 0.3 is 0 Å². The average molecular weight is 402 g/mol. The average Bonchev–Trinajstić information content (AvgIpc) is 3.20. The van der Waals surface area contributed by atoms with Crippen LogP contribution in [0.4, 0.5) is 0 Å². The van der Waals surface area contributed by atoms with E-state index < -0.39 is 0 Å². The normalized spacial score (nSPS) is 22.0. The number of aryl methyl sites for hydroxylation is 1. The van der Waals surface area contributed by atoms with Gasteiger partial charge in [0.1, 0.15) is 11.4 Å². The van der Waals surface area contributed by atoms with Crippen molar-refractivity contribution in [1.82, 2.24) is 25.1 Å². The smallest absolute Gasteiger partial charge is 0.233 e. The molecule has 1 aliphatic heterocycles. The molecular formula is C20H27N5O2S. The van der Waals surface area contributed by atoms with Crippen molar-refractivity contribution in [3.8, 4) is 11.4 Å². The first-order chi connectivity index (χ1) is 13.7. The molecule has 7 nitrogen and oxygen atoms in total.